The summed E-state index contributed by atoms with van der Waals surface area (Å²) < 4.78 is 5.50. The van der Waals surface area contributed by atoms with Crippen molar-refractivity contribution < 1.29 is 9.53 Å². The Balaban J connectivity index is 1.49. The Kier molecular flexibility index (Phi) is 5.14. The van der Waals surface area contributed by atoms with Crippen LogP contribution in [0.2, 0.25) is 0 Å². The number of rotatable bonds is 6. The van der Waals surface area contributed by atoms with Crippen LogP contribution >= 0.6 is 0 Å². The fourth-order valence-electron chi connectivity index (χ4n) is 2.13. The van der Waals surface area contributed by atoms with Gasteiger partial charge in [-0.25, -0.2) is 9.97 Å². The van der Waals surface area contributed by atoms with E-state index in [1.807, 2.05) is 60.7 Å². The van der Waals surface area contributed by atoms with Gasteiger partial charge in [-0.3, -0.25) is 4.79 Å². The van der Waals surface area contributed by atoms with E-state index in [-0.39, 0.29) is 12.3 Å². The van der Waals surface area contributed by atoms with Crippen molar-refractivity contribution >= 4 is 11.6 Å². The molecule has 1 aromatic heterocycles. The maximum Gasteiger partial charge on any atom is 0.227 e. The number of benzene rings is 2. The van der Waals surface area contributed by atoms with E-state index in [1.165, 1.54) is 0 Å². The first-order valence-corrected chi connectivity index (χ1v) is 7.66. The molecular formula is C19H17N3O2. The highest BCUT2D eigenvalue weighted by Crippen LogP contribution is 2.15. The van der Waals surface area contributed by atoms with E-state index in [2.05, 4.69) is 15.3 Å². The Labute approximate surface area is 140 Å². The monoisotopic (exact) mass is 319 g/mol. The lowest BCUT2D eigenvalue weighted by Crippen LogP contribution is -2.15. The molecule has 0 unspecified atom stereocenters. The third-order valence-corrected chi connectivity index (χ3v) is 3.31. The van der Waals surface area contributed by atoms with Crippen LogP contribution in [0.1, 0.15) is 6.42 Å². The molecule has 0 aliphatic rings. The average molecular weight is 319 g/mol. The molecule has 0 saturated heterocycles. The van der Waals surface area contributed by atoms with E-state index in [0.29, 0.717) is 18.1 Å². The van der Waals surface area contributed by atoms with E-state index >= 15 is 0 Å². The summed E-state index contributed by atoms with van der Waals surface area (Å²) in [4.78, 5) is 20.5. The van der Waals surface area contributed by atoms with Gasteiger partial charge in [-0.2, -0.15) is 0 Å². The first-order valence-electron chi connectivity index (χ1n) is 7.66. The lowest BCUT2D eigenvalue weighted by atomic mass is 10.2. The number of nitrogens with zero attached hydrogens (tertiary/aromatic N) is 2. The van der Waals surface area contributed by atoms with Gasteiger partial charge in [-0.1, -0.05) is 48.5 Å². The minimum Gasteiger partial charge on any atom is -0.493 e. The molecule has 0 aliphatic heterocycles. The number of carbonyl (C=O) groups is 1. The normalized spacial score (nSPS) is 10.2. The second-order valence-electron chi connectivity index (χ2n) is 5.12. The van der Waals surface area contributed by atoms with Crippen LogP contribution in [-0.2, 0) is 4.79 Å². The SMILES string of the molecule is O=C(CCOc1ccccc1)Nc1cnc(-c2ccccc2)nc1. The second-order valence-corrected chi connectivity index (χ2v) is 5.12. The zero-order valence-electron chi connectivity index (χ0n) is 13.1. The number of ether oxygens (including phenoxy) is 1. The predicted molar refractivity (Wildman–Crippen MR) is 92.7 cm³/mol. The van der Waals surface area contributed by atoms with Crippen molar-refractivity contribution in [1.82, 2.24) is 9.97 Å². The van der Waals surface area contributed by atoms with Crippen LogP contribution in [0.15, 0.2) is 73.1 Å². The zero-order chi connectivity index (χ0) is 16.6. The molecule has 1 heterocycles. The third kappa shape index (κ3) is 4.39. The Morgan fingerprint density at radius 1 is 0.917 bits per heavy atom. The molecule has 120 valence electrons. The zero-order valence-corrected chi connectivity index (χ0v) is 13.1. The topological polar surface area (TPSA) is 64.1 Å². The van der Waals surface area contributed by atoms with Gasteiger partial charge in [0.2, 0.25) is 5.91 Å². The molecule has 24 heavy (non-hydrogen) atoms. The molecule has 0 fully saturated rings. The molecule has 0 bridgehead atoms. The number of carbonyl (C=O) groups excluding carboxylic acids is 1. The largest absolute Gasteiger partial charge is 0.493 e. The van der Waals surface area contributed by atoms with E-state index in [4.69, 9.17) is 4.74 Å². The summed E-state index contributed by atoms with van der Waals surface area (Å²) in [6, 6.07) is 19.1. The van der Waals surface area contributed by atoms with Crippen LogP contribution < -0.4 is 10.1 Å². The Bertz CT molecular complexity index is 775. The summed E-state index contributed by atoms with van der Waals surface area (Å²) >= 11 is 0. The molecule has 1 N–H and O–H groups in total. The molecule has 5 heteroatoms. The molecule has 0 atom stereocenters. The van der Waals surface area contributed by atoms with Crippen LogP contribution in [0, 0.1) is 0 Å². The number of para-hydroxylation sites is 1. The third-order valence-electron chi connectivity index (χ3n) is 3.31. The van der Waals surface area contributed by atoms with E-state index in [9.17, 15) is 4.79 Å². The molecule has 3 aromatic rings. The molecular weight excluding hydrogens is 302 g/mol. The van der Waals surface area contributed by atoms with Gasteiger partial charge in [0.1, 0.15) is 5.75 Å². The van der Waals surface area contributed by atoms with Gasteiger partial charge in [-0.05, 0) is 12.1 Å². The highest BCUT2D eigenvalue weighted by molar-refractivity contribution is 5.90. The minimum absolute atomic E-state index is 0.137. The summed E-state index contributed by atoms with van der Waals surface area (Å²) in [6.07, 6.45) is 3.46. The maximum absolute atomic E-state index is 11.9. The molecule has 3 rings (SSSR count). The fraction of sp³-hybridized carbons (Fsp3) is 0.105. The molecule has 0 spiro atoms. The number of amides is 1. The minimum atomic E-state index is -0.137. The number of anilines is 1. The van der Waals surface area contributed by atoms with Crippen LogP contribution in [0.3, 0.4) is 0 Å². The quantitative estimate of drug-likeness (QED) is 0.754. The van der Waals surface area contributed by atoms with Gasteiger partial charge >= 0.3 is 0 Å². The molecule has 0 aliphatic carbocycles. The highest BCUT2D eigenvalue weighted by atomic mass is 16.5. The highest BCUT2D eigenvalue weighted by Gasteiger charge is 2.05. The second kappa shape index (κ2) is 7.87. The molecule has 2 aromatic carbocycles. The maximum atomic E-state index is 11.9. The molecule has 0 saturated carbocycles. The predicted octanol–water partition coefficient (Wildman–Crippen LogP) is 3.55. The smallest absolute Gasteiger partial charge is 0.227 e. The summed E-state index contributed by atoms with van der Waals surface area (Å²) in [5, 5.41) is 2.76. The fourth-order valence-corrected chi connectivity index (χ4v) is 2.13. The van der Waals surface area contributed by atoms with E-state index < -0.39 is 0 Å². The van der Waals surface area contributed by atoms with E-state index in [0.717, 1.165) is 11.3 Å². The van der Waals surface area contributed by atoms with Crippen molar-refractivity contribution in [2.45, 2.75) is 6.42 Å². The van der Waals surface area contributed by atoms with Gasteiger partial charge in [0, 0.05) is 5.56 Å². The van der Waals surface area contributed by atoms with Crippen molar-refractivity contribution in [3.8, 4) is 17.1 Å². The van der Waals surface area contributed by atoms with Crippen LogP contribution in [0.4, 0.5) is 5.69 Å². The lowest BCUT2D eigenvalue weighted by molar-refractivity contribution is -0.116. The lowest BCUT2D eigenvalue weighted by Gasteiger charge is -2.07. The summed E-state index contributed by atoms with van der Waals surface area (Å²) in [7, 11) is 0. The van der Waals surface area contributed by atoms with Gasteiger partial charge in [0.05, 0.1) is 31.1 Å². The Morgan fingerprint density at radius 2 is 1.54 bits per heavy atom. The van der Waals surface area contributed by atoms with Crippen molar-refractivity contribution in [2.75, 3.05) is 11.9 Å². The van der Waals surface area contributed by atoms with E-state index in [1.54, 1.807) is 12.4 Å². The first-order chi connectivity index (χ1) is 11.8. The molecule has 1 amide bonds. The summed E-state index contributed by atoms with van der Waals surface area (Å²) in [6.45, 7) is 0.318. The number of hydrogen-bond acceptors (Lipinski definition) is 4. The van der Waals surface area contributed by atoms with Crippen molar-refractivity contribution in [2.24, 2.45) is 0 Å². The van der Waals surface area contributed by atoms with Gasteiger partial charge in [-0.15, -0.1) is 0 Å². The van der Waals surface area contributed by atoms with Gasteiger partial charge in [0.15, 0.2) is 5.82 Å². The van der Waals surface area contributed by atoms with Gasteiger partial charge < -0.3 is 10.1 Å². The van der Waals surface area contributed by atoms with Crippen molar-refractivity contribution in [3.63, 3.8) is 0 Å². The number of aromatic nitrogens is 2. The number of nitrogens with one attached hydrogen (secondary N) is 1. The molecule has 5 nitrogen and oxygen atoms in total. The average Bonchev–Trinajstić information content (AvgIpc) is 2.64. The van der Waals surface area contributed by atoms with Crippen LogP contribution in [0.5, 0.6) is 5.75 Å². The summed E-state index contributed by atoms with van der Waals surface area (Å²) in [5.41, 5.74) is 1.51. The number of hydrogen-bond donors (Lipinski definition) is 1. The molecule has 0 radical (unpaired) electrons. The Morgan fingerprint density at radius 3 is 2.21 bits per heavy atom. The standard InChI is InChI=1S/C19H17N3O2/c23-18(11-12-24-17-9-5-2-6-10-17)22-16-13-20-19(21-14-16)15-7-3-1-4-8-15/h1-10,13-14H,11-12H2,(H,22,23). The van der Waals surface area contributed by atoms with Crippen LogP contribution in [-0.4, -0.2) is 22.5 Å². The Hall–Kier alpha value is -3.21. The van der Waals surface area contributed by atoms with Crippen molar-refractivity contribution in [1.29, 1.82) is 0 Å². The van der Waals surface area contributed by atoms with Gasteiger partial charge in [0.25, 0.3) is 0 Å². The first kappa shape index (κ1) is 15.7. The van der Waals surface area contributed by atoms with Crippen molar-refractivity contribution in [3.05, 3.63) is 73.1 Å². The van der Waals surface area contributed by atoms with Crippen LogP contribution in [0.25, 0.3) is 11.4 Å². The summed E-state index contributed by atoms with van der Waals surface area (Å²) in [5.74, 6) is 1.24.